The molecule has 1 aromatic heterocycles. The Morgan fingerprint density at radius 1 is 1.37 bits per heavy atom. The summed E-state index contributed by atoms with van der Waals surface area (Å²) >= 11 is 1.73. The molecule has 3 rings (SSSR count). The molecule has 1 fully saturated rings. The van der Waals surface area contributed by atoms with E-state index < -0.39 is 0 Å². The third-order valence-electron chi connectivity index (χ3n) is 4.15. The Morgan fingerprint density at radius 3 is 3.00 bits per heavy atom. The first-order valence-corrected chi connectivity index (χ1v) is 7.80. The minimum atomic E-state index is -0.318. The van der Waals surface area contributed by atoms with Crippen LogP contribution in [-0.2, 0) is 11.2 Å². The standard InChI is InChI=1S/C16H19NOS/c1-16(8-4-5-9-17-16)15(18)10-12-11-19-14-7-3-2-6-13(12)14/h2-3,6-7,11,17H,4-5,8-10H2,1H3. The molecule has 0 aliphatic carbocycles. The number of hydrogen-bond acceptors (Lipinski definition) is 3. The van der Waals surface area contributed by atoms with Crippen LogP contribution in [0.15, 0.2) is 29.6 Å². The van der Waals surface area contributed by atoms with Crippen molar-refractivity contribution >= 4 is 27.2 Å². The van der Waals surface area contributed by atoms with Crippen LogP contribution in [0.4, 0.5) is 0 Å². The lowest BCUT2D eigenvalue weighted by Gasteiger charge is -2.33. The van der Waals surface area contributed by atoms with E-state index >= 15 is 0 Å². The molecular formula is C16H19NOS. The third kappa shape index (κ3) is 2.45. The number of ketones is 1. The zero-order chi connectivity index (χ0) is 13.3. The first kappa shape index (κ1) is 12.8. The van der Waals surface area contributed by atoms with Gasteiger partial charge in [-0.05, 0) is 55.1 Å². The van der Waals surface area contributed by atoms with Crippen LogP contribution in [0.3, 0.4) is 0 Å². The van der Waals surface area contributed by atoms with Crippen LogP contribution in [-0.4, -0.2) is 17.9 Å². The Balaban J connectivity index is 1.82. The van der Waals surface area contributed by atoms with Crippen LogP contribution >= 0.6 is 11.3 Å². The van der Waals surface area contributed by atoms with Crippen molar-refractivity contribution in [3.8, 4) is 0 Å². The SMILES string of the molecule is CC1(C(=O)Cc2csc3ccccc23)CCCCN1. The first-order valence-electron chi connectivity index (χ1n) is 6.92. The lowest BCUT2D eigenvalue weighted by atomic mass is 9.84. The van der Waals surface area contributed by atoms with Gasteiger partial charge < -0.3 is 5.32 Å². The largest absolute Gasteiger partial charge is 0.305 e. The average Bonchev–Trinajstić information content (AvgIpc) is 2.83. The van der Waals surface area contributed by atoms with Gasteiger partial charge in [-0.25, -0.2) is 0 Å². The number of nitrogens with one attached hydrogen (secondary N) is 1. The van der Waals surface area contributed by atoms with Crippen molar-refractivity contribution < 1.29 is 4.79 Å². The van der Waals surface area contributed by atoms with Gasteiger partial charge in [-0.15, -0.1) is 11.3 Å². The van der Waals surface area contributed by atoms with Gasteiger partial charge >= 0.3 is 0 Å². The van der Waals surface area contributed by atoms with Gasteiger partial charge in [0.2, 0.25) is 0 Å². The fraction of sp³-hybridized carbons (Fsp3) is 0.438. The molecule has 0 amide bonds. The lowest BCUT2D eigenvalue weighted by Crippen LogP contribution is -2.52. The number of rotatable bonds is 3. The van der Waals surface area contributed by atoms with Crippen LogP contribution in [0.25, 0.3) is 10.1 Å². The van der Waals surface area contributed by atoms with Gasteiger partial charge in [0, 0.05) is 11.1 Å². The van der Waals surface area contributed by atoms with E-state index in [1.165, 1.54) is 22.1 Å². The lowest BCUT2D eigenvalue weighted by molar-refractivity contribution is -0.125. The van der Waals surface area contributed by atoms with Gasteiger partial charge in [-0.2, -0.15) is 0 Å². The second-order valence-corrected chi connectivity index (χ2v) is 6.48. The van der Waals surface area contributed by atoms with Crippen LogP contribution in [0, 0.1) is 0 Å². The third-order valence-corrected chi connectivity index (χ3v) is 5.16. The highest BCUT2D eigenvalue weighted by Crippen LogP contribution is 2.28. The van der Waals surface area contributed by atoms with E-state index in [4.69, 9.17) is 0 Å². The predicted molar refractivity (Wildman–Crippen MR) is 80.8 cm³/mol. The van der Waals surface area contributed by atoms with E-state index in [0.717, 1.165) is 19.4 Å². The zero-order valence-corrected chi connectivity index (χ0v) is 12.1. The molecule has 2 nitrogen and oxygen atoms in total. The second kappa shape index (κ2) is 5.06. The fourth-order valence-corrected chi connectivity index (χ4v) is 3.79. The van der Waals surface area contributed by atoms with E-state index in [9.17, 15) is 4.79 Å². The first-order chi connectivity index (χ1) is 9.19. The molecule has 1 atom stereocenters. The number of thiophene rings is 1. The summed E-state index contributed by atoms with van der Waals surface area (Å²) in [4.78, 5) is 12.6. The van der Waals surface area contributed by atoms with Gasteiger partial charge in [0.05, 0.1) is 5.54 Å². The Labute approximate surface area is 117 Å². The highest BCUT2D eigenvalue weighted by atomic mass is 32.1. The molecule has 2 aromatic rings. The van der Waals surface area contributed by atoms with Crippen molar-refractivity contribution in [3.05, 3.63) is 35.2 Å². The minimum Gasteiger partial charge on any atom is -0.305 e. The fourth-order valence-electron chi connectivity index (χ4n) is 2.83. The number of carbonyl (C=O) groups is 1. The maximum atomic E-state index is 12.6. The van der Waals surface area contributed by atoms with E-state index in [2.05, 4.69) is 35.8 Å². The maximum Gasteiger partial charge on any atom is 0.156 e. The van der Waals surface area contributed by atoms with E-state index in [1.54, 1.807) is 11.3 Å². The van der Waals surface area contributed by atoms with Crippen molar-refractivity contribution in [2.45, 2.75) is 38.1 Å². The molecule has 0 spiro atoms. The van der Waals surface area contributed by atoms with Crippen molar-refractivity contribution in [1.82, 2.24) is 5.32 Å². The molecule has 1 aliphatic heterocycles. The van der Waals surface area contributed by atoms with Crippen LogP contribution in [0.5, 0.6) is 0 Å². The van der Waals surface area contributed by atoms with Gasteiger partial charge in [-0.3, -0.25) is 4.79 Å². The summed E-state index contributed by atoms with van der Waals surface area (Å²) < 4.78 is 1.27. The number of carbonyl (C=O) groups excluding carboxylic acids is 1. The highest BCUT2D eigenvalue weighted by molar-refractivity contribution is 7.17. The molecule has 0 radical (unpaired) electrons. The second-order valence-electron chi connectivity index (χ2n) is 5.57. The molecule has 1 N–H and O–H groups in total. The summed E-state index contributed by atoms with van der Waals surface area (Å²) in [7, 11) is 0. The monoisotopic (exact) mass is 273 g/mol. The number of hydrogen-bond donors (Lipinski definition) is 1. The Morgan fingerprint density at radius 2 is 2.21 bits per heavy atom. The van der Waals surface area contributed by atoms with Crippen LogP contribution in [0.2, 0.25) is 0 Å². The molecular weight excluding hydrogens is 254 g/mol. The van der Waals surface area contributed by atoms with Gasteiger partial charge in [0.15, 0.2) is 5.78 Å². The highest BCUT2D eigenvalue weighted by Gasteiger charge is 2.33. The van der Waals surface area contributed by atoms with E-state index in [1.807, 2.05) is 6.07 Å². The van der Waals surface area contributed by atoms with Gasteiger partial charge in [0.1, 0.15) is 0 Å². The molecule has 0 bridgehead atoms. The minimum absolute atomic E-state index is 0.318. The number of benzene rings is 1. The summed E-state index contributed by atoms with van der Waals surface area (Å²) in [6, 6.07) is 8.33. The van der Waals surface area contributed by atoms with Crippen LogP contribution < -0.4 is 5.32 Å². The smallest absolute Gasteiger partial charge is 0.156 e. The van der Waals surface area contributed by atoms with Gasteiger partial charge in [0.25, 0.3) is 0 Å². The normalized spacial score (nSPS) is 23.6. The Bertz CT molecular complexity index is 596. The summed E-state index contributed by atoms with van der Waals surface area (Å²) in [6.07, 6.45) is 3.85. The zero-order valence-electron chi connectivity index (χ0n) is 11.2. The molecule has 2 heterocycles. The van der Waals surface area contributed by atoms with Crippen molar-refractivity contribution in [2.24, 2.45) is 0 Å². The molecule has 1 unspecified atom stereocenters. The molecule has 1 aliphatic rings. The summed E-state index contributed by atoms with van der Waals surface area (Å²) in [5.74, 6) is 0.329. The molecule has 0 saturated carbocycles. The van der Waals surface area contributed by atoms with Crippen molar-refractivity contribution in [1.29, 1.82) is 0 Å². The van der Waals surface area contributed by atoms with Crippen molar-refractivity contribution in [2.75, 3.05) is 6.54 Å². The molecule has 1 aromatic carbocycles. The van der Waals surface area contributed by atoms with Crippen molar-refractivity contribution in [3.63, 3.8) is 0 Å². The van der Waals surface area contributed by atoms with E-state index in [0.29, 0.717) is 12.2 Å². The molecule has 19 heavy (non-hydrogen) atoms. The summed E-state index contributed by atoms with van der Waals surface area (Å²) in [5, 5.41) is 6.78. The van der Waals surface area contributed by atoms with Gasteiger partial charge in [-0.1, -0.05) is 18.2 Å². The number of piperidine rings is 1. The topological polar surface area (TPSA) is 29.1 Å². The maximum absolute atomic E-state index is 12.6. The molecule has 100 valence electrons. The predicted octanol–water partition coefficient (Wildman–Crippen LogP) is 3.55. The average molecular weight is 273 g/mol. The summed E-state index contributed by atoms with van der Waals surface area (Å²) in [6.45, 7) is 3.02. The molecule has 3 heteroatoms. The molecule has 1 saturated heterocycles. The Kier molecular flexibility index (Phi) is 3.42. The van der Waals surface area contributed by atoms with E-state index in [-0.39, 0.29) is 5.54 Å². The number of Topliss-reactive ketones (excluding diaryl/α,β-unsaturated/α-hetero) is 1. The van der Waals surface area contributed by atoms with Crippen LogP contribution in [0.1, 0.15) is 31.7 Å². The summed E-state index contributed by atoms with van der Waals surface area (Å²) in [5.41, 5.74) is 0.862. The Hall–Kier alpha value is -1.19. The quantitative estimate of drug-likeness (QED) is 0.926. The number of fused-ring (bicyclic) bond motifs is 1.